The van der Waals surface area contributed by atoms with E-state index < -0.39 is 6.04 Å². The molecule has 1 fully saturated rings. The van der Waals surface area contributed by atoms with E-state index in [1.165, 1.54) is 10.7 Å². The molecule has 0 aromatic carbocycles. The van der Waals surface area contributed by atoms with Crippen LogP contribution in [0.2, 0.25) is 0 Å². The second-order valence-electron chi connectivity index (χ2n) is 5.95. The number of carbonyl (C=O) groups excluding carboxylic acids is 1. The van der Waals surface area contributed by atoms with Crippen molar-refractivity contribution >= 4 is 5.91 Å². The maximum Gasteiger partial charge on any atom is 0.267 e. The van der Waals surface area contributed by atoms with Crippen molar-refractivity contribution in [2.24, 2.45) is 0 Å². The van der Waals surface area contributed by atoms with E-state index in [1.807, 2.05) is 17.7 Å². The summed E-state index contributed by atoms with van der Waals surface area (Å²) in [5.41, 5.74) is 0.654. The van der Waals surface area contributed by atoms with Gasteiger partial charge in [-0.25, -0.2) is 9.67 Å². The zero-order valence-electron chi connectivity index (χ0n) is 13.4. The highest BCUT2D eigenvalue weighted by atomic mass is 16.2. The van der Waals surface area contributed by atoms with Crippen LogP contribution >= 0.6 is 0 Å². The van der Waals surface area contributed by atoms with Crippen molar-refractivity contribution in [3.05, 3.63) is 46.4 Å². The van der Waals surface area contributed by atoms with Gasteiger partial charge >= 0.3 is 0 Å². The molecule has 1 aliphatic carbocycles. The Bertz CT molecular complexity index is 760. The fourth-order valence-electron chi connectivity index (χ4n) is 2.51. The van der Waals surface area contributed by atoms with Crippen molar-refractivity contribution < 1.29 is 4.79 Å². The van der Waals surface area contributed by atoms with Crippen LogP contribution in [0.1, 0.15) is 43.2 Å². The lowest BCUT2D eigenvalue weighted by molar-refractivity contribution is -0.124. The van der Waals surface area contributed by atoms with Crippen LogP contribution in [0, 0.1) is 6.92 Å². The fourth-order valence-corrected chi connectivity index (χ4v) is 2.51. The zero-order valence-corrected chi connectivity index (χ0v) is 13.4. The molecule has 122 valence electrons. The second-order valence-corrected chi connectivity index (χ2v) is 5.95. The van der Waals surface area contributed by atoms with E-state index in [9.17, 15) is 9.59 Å². The van der Waals surface area contributed by atoms with Crippen LogP contribution in [0.15, 0.2) is 29.3 Å². The maximum atomic E-state index is 12.3. The van der Waals surface area contributed by atoms with E-state index in [0.717, 1.165) is 24.4 Å². The van der Waals surface area contributed by atoms with E-state index in [-0.39, 0.29) is 11.5 Å². The van der Waals surface area contributed by atoms with Crippen molar-refractivity contribution in [1.82, 2.24) is 24.6 Å². The molecule has 0 radical (unpaired) electrons. The van der Waals surface area contributed by atoms with Crippen molar-refractivity contribution in [2.75, 3.05) is 6.54 Å². The predicted molar refractivity (Wildman–Crippen MR) is 85.2 cm³/mol. The Morgan fingerprint density at radius 3 is 2.87 bits per heavy atom. The summed E-state index contributed by atoms with van der Waals surface area (Å²) in [4.78, 5) is 28.4. The van der Waals surface area contributed by atoms with Crippen molar-refractivity contribution in [3.63, 3.8) is 0 Å². The fraction of sp³-hybridized carbons (Fsp3) is 0.500. The Morgan fingerprint density at radius 1 is 1.43 bits per heavy atom. The monoisotopic (exact) mass is 315 g/mol. The average molecular weight is 315 g/mol. The van der Waals surface area contributed by atoms with Gasteiger partial charge in [0.05, 0.1) is 5.69 Å². The summed E-state index contributed by atoms with van der Waals surface area (Å²) in [6.07, 6.45) is 5.81. The Balaban J connectivity index is 1.62. The van der Waals surface area contributed by atoms with Gasteiger partial charge in [0.15, 0.2) is 0 Å². The average Bonchev–Trinajstić information content (AvgIpc) is 3.31. The first-order valence-electron chi connectivity index (χ1n) is 7.91. The largest absolute Gasteiger partial charge is 0.352 e. The van der Waals surface area contributed by atoms with Gasteiger partial charge in [0.2, 0.25) is 5.91 Å². The number of nitrogens with zero attached hydrogens (tertiary/aromatic N) is 4. The lowest BCUT2D eigenvalue weighted by atomic mass is 10.2. The van der Waals surface area contributed by atoms with Gasteiger partial charge in [-0.1, -0.05) is 0 Å². The normalized spacial score (nSPS) is 15.4. The third kappa shape index (κ3) is 3.49. The molecule has 1 saturated carbocycles. The SMILES string of the molecule is Cc1nccn1CCNC(=O)C(C)n1nc(C2CC2)ccc1=O. The molecular formula is C16H21N5O2. The Hall–Kier alpha value is -2.44. The first-order valence-corrected chi connectivity index (χ1v) is 7.91. The zero-order chi connectivity index (χ0) is 16.4. The number of aromatic nitrogens is 4. The number of hydrogen-bond donors (Lipinski definition) is 1. The van der Waals surface area contributed by atoms with Gasteiger partial charge < -0.3 is 9.88 Å². The van der Waals surface area contributed by atoms with Gasteiger partial charge in [-0.05, 0) is 32.8 Å². The molecule has 1 atom stereocenters. The number of imidazole rings is 1. The summed E-state index contributed by atoms with van der Waals surface area (Å²) in [7, 11) is 0. The van der Waals surface area contributed by atoms with E-state index in [2.05, 4.69) is 15.4 Å². The predicted octanol–water partition coefficient (Wildman–Crippen LogP) is 1.00. The number of hydrogen-bond acceptors (Lipinski definition) is 4. The summed E-state index contributed by atoms with van der Waals surface area (Å²) in [5.74, 6) is 1.15. The van der Waals surface area contributed by atoms with Crippen molar-refractivity contribution in [1.29, 1.82) is 0 Å². The molecule has 0 bridgehead atoms. The number of amides is 1. The minimum absolute atomic E-state index is 0.203. The summed E-state index contributed by atoms with van der Waals surface area (Å²) < 4.78 is 3.24. The molecule has 0 spiro atoms. The van der Waals surface area contributed by atoms with Gasteiger partial charge in [-0.15, -0.1) is 0 Å². The van der Waals surface area contributed by atoms with Gasteiger partial charge in [0, 0.05) is 37.5 Å². The van der Waals surface area contributed by atoms with E-state index >= 15 is 0 Å². The number of carbonyl (C=O) groups is 1. The molecule has 2 aromatic rings. The Labute approximate surface area is 134 Å². The van der Waals surface area contributed by atoms with Crippen LogP contribution in [0.4, 0.5) is 0 Å². The van der Waals surface area contributed by atoms with Crippen LogP contribution < -0.4 is 10.9 Å². The van der Waals surface area contributed by atoms with Gasteiger partial charge in [-0.3, -0.25) is 9.59 Å². The minimum atomic E-state index is -0.620. The lowest BCUT2D eigenvalue weighted by Gasteiger charge is -2.15. The molecule has 1 unspecified atom stereocenters. The Kier molecular flexibility index (Phi) is 4.27. The highest BCUT2D eigenvalue weighted by Crippen LogP contribution is 2.38. The van der Waals surface area contributed by atoms with Crippen LogP contribution in [0.5, 0.6) is 0 Å². The summed E-state index contributed by atoms with van der Waals surface area (Å²) in [5, 5.41) is 7.21. The van der Waals surface area contributed by atoms with E-state index in [4.69, 9.17) is 0 Å². The molecule has 3 rings (SSSR count). The molecule has 0 saturated heterocycles. The number of nitrogens with one attached hydrogen (secondary N) is 1. The highest BCUT2D eigenvalue weighted by molar-refractivity contribution is 5.79. The summed E-state index contributed by atoms with van der Waals surface area (Å²) in [6.45, 7) is 4.74. The third-order valence-corrected chi connectivity index (χ3v) is 4.16. The molecule has 0 aliphatic heterocycles. The van der Waals surface area contributed by atoms with Crippen LogP contribution in [-0.4, -0.2) is 31.8 Å². The van der Waals surface area contributed by atoms with Gasteiger partial charge in [-0.2, -0.15) is 5.10 Å². The van der Waals surface area contributed by atoms with Crippen molar-refractivity contribution in [2.45, 2.75) is 45.2 Å². The smallest absolute Gasteiger partial charge is 0.267 e. The van der Waals surface area contributed by atoms with Gasteiger partial charge in [0.25, 0.3) is 5.56 Å². The molecule has 7 nitrogen and oxygen atoms in total. The van der Waals surface area contributed by atoms with Crippen molar-refractivity contribution in [3.8, 4) is 0 Å². The minimum Gasteiger partial charge on any atom is -0.352 e. The lowest BCUT2D eigenvalue weighted by Crippen LogP contribution is -2.38. The van der Waals surface area contributed by atoms with Crippen LogP contribution in [-0.2, 0) is 11.3 Å². The quantitative estimate of drug-likeness (QED) is 0.862. The van der Waals surface area contributed by atoms with E-state index in [1.54, 1.807) is 19.2 Å². The molecule has 1 N–H and O–H groups in total. The number of rotatable bonds is 6. The third-order valence-electron chi connectivity index (χ3n) is 4.16. The summed E-state index contributed by atoms with van der Waals surface area (Å²) >= 11 is 0. The van der Waals surface area contributed by atoms with Gasteiger partial charge in [0.1, 0.15) is 11.9 Å². The molecule has 23 heavy (non-hydrogen) atoms. The number of aryl methyl sites for hydroxylation is 1. The molecule has 7 heteroatoms. The second kappa shape index (κ2) is 6.36. The van der Waals surface area contributed by atoms with Crippen LogP contribution in [0.3, 0.4) is 0 Å². The first-order chi connectivity index (χ1) is 11.1. The highest BCUT2D eigenvalue weighted by Gasteiger charge is 2.27. The van der Waals surface area contributed by atoms with E-state index in [0.29, 0.717) is 19.0 Å². The van der Waals surface area contributed by atoms with Crippen LogP contribution in [0.25, 0.3) is 0 Å². The Morgan fingerprint density at radius 2 is 2.22 bits per heavy atom. The molecule has 2 heterocycles. The molecule has 1 amide bonds. The molecule has 2 aromatic heterocycles. The topological polar surface area (TPSA) is 81.8 Å². The standard InChI is InChI=1S/C16H21N5O2/c1-11(16(23)18-8-10-20-9-7-17-12(20)2)21-15(22)6-5-14(19-21)13-3-4-13/h5-7,9,11,13H,3-4,8,10H2,1-2H3,(H,18,23). The molecular weight excluding hydrogens is 294 g/mol. The first kappa shape index (κ1) is 15.5. The maximum absolute atomic E-state index is 12.3. The summed E-state index contributed by atoms with van der Waals surface area (Å²) in [6, 6.07) is 2.65. The molecule has 1 aliphatic rings.